The summed E-state index contributed by atoms with van der Waals surface area (Å²) in [6, 6.07) is 7.58. The molecule has 0 radical (unpaired) electrons. The second-order valence-corrected chi connectivity index (χ2v) is 4.67. The van der Waals surface area contributed by atoms with E-state index in [-0.39, 0.29) is 19.1 Å². The first-order chi connectivity index (χ1) is 9.04. The Labute approximate surface area is 111 Å². The number of benzene rings is 1. The average Bonchev–Trinajstić information content (AvgIpc) is 2.67. The Kier molecular flexibility index (Phi) is 3.85. The van der Waals surface area contributed by atoms with Crippen molar-refractivity contribution in [2.24, 2.45) is 5.92 Å². The first kappa shape index (κ1) is 13.5. The van der Waals surface area contributed by atoms with Crippen LogP contribution in [0.4, 0.5) is 0 Å². The van der Waals surface area contributed by atoms with Crippen molar-refractivity contribution in [3.63, 3.8) is 0 Å². The second-order valence-electron chi connectivity index (χ2n) is 4.67. The number of carbonyl (C=O) groups is 2. The Morgan fingerprint density at radius 2 is 2.05 bits per heavy atom. The Morgan fingerprint density at radius 3 is 2.63 bits per heavy atom. The fraction of sp³-hybridized carbons (Fsp3) is 0.429. The zero-order valence-corrected chi connectivity index (χ0v) is 11.0. The van der Waals surface area contributed by atoms with Crippen LogP contribution in [-0.4, -0.2) is 35.3 Å². The van der Waals surface area contributed by atoms with E-state index in [1.54, 1.807) is 6.92 Å². The van der Waals surface area contributed by atoms with Crippen molar-refractivity contribution in [2.75, 3.05) is 13.2 Å². The molecule has 1 aromatic carbocycles. The fourth-order valence-electron chi connectivity index (χ4n) is 2.32. The molecule has 2 atom stereocenters. The lowest BCUT2D eigenvalue weighted by atomic mass is 9.88. The van der Waals surface area contributed by atoms with E-state index in [0.29, 0.717) is 5.06 Å². The molecular formula is C14H17NO4. The van der Waals surface area contributed by atoms with Crippen LogP contribution in [0.5, 0.6) is 0 Å². The smallest absolute Gasteiger partial charge is 0.319 e. The summed E-state index contributed by atoms with van der Waals surface area (Å²) in [4.78, 5) is 23.7. The highest BCUT2D eigenvalue weighted by Gasteiger charge is 2.46. The van der Waals surface area contributed by atoms with E-state index >= 15 is 0 Å². The van der Waals surface area contributed by atoms with Crippen LogP contribution >= 0.6 is 0 Å². The SMILES string of the molecule is CCOC(=O)C1C(=O)N(O)CC1c1ccc(C)cc1. The van der Waals surface area contributed by atoms with Crippen molar-refractivity contribution in [1.82, 2.24) is 5.06 Å². The van der Waals surface area contributed by atoms with Gasteiger partial charge in [-0.25, -0.2) is 5.06 Å². The van der Waals surface area contributed by atoms with E-state index in [2.05, 4.69) is 0 Å². The maximum Gasteiger partial charge on any atom is 0.319 e. The van der Waals surface area contributed by atoms with Crippen molar-refractivity contribution in [1.29, 1.82) is 0 Å². The maximum absolute atomic E-state index is 11.9. The Balaban J connectivity index is 2.29. The molecule has 102 valence electrons. The fourth-order valence-corrected chi connectivity index (χ4v) is 2.32. The zero-order valence-electron chi connectivity index (χ0n) is 11.0. The number of esters is 1. The van der Waals surface area contributed by atoms with Gasteiger partial charge in [-0.1, -0.05) is 29.8 Å². The molecule has 1 amide bonds. The summed E-state index contributed by atoms with van der Waals surface area (Å²) in [5.74, 6) is -2.48. The van der Waals surface area contributed by atoms with Gasteiger partial charge in [-0.15, -0.1) is 0 Å². The largest absolute Gasteiger partial charge is 0.465 e. The van der Waals surface area contributed by atoms with E-state index in [1.165, 1.54) is 0 Å². The number of carbonyl (C=O) groups excluding carboxylic acids is 2. The number of hydrogen-bond acceptors (Lipinski definition) is 4. The van der Waals surface area contributed by atoms with Gasteiger partial charge >= 0.3 is 5.97 Å². The quantitative estimate of drug-likeness (QED) is 0.509. The van der Waals surface area contributed by atoms with Gasteiger partial charge in [0.15, 0.2) is 0 Å². The molecule has 2 unspecified atom stereocenters. The molecule has 1 aliphatic rings. The second kappa shape index (κ2) is 5.40. The molecule has 1 aromatic rings. The van der Waals surface area contributed by atoms with Crippen LogP contribution in [0.25, 0.3) is 0 Å². The molecule has 5 heteroatoms. The number of amides is 1. The standard InChI is InChI=1S/C14H17NO4/c1-3-19-14(17)12-11(8-15(18)13(12)16)10-6-4-9(2)5-7-10/h4-7,11-12,18H,3,8H2,1-2H3. The van der Waals surface area contributed by atoms with Crippen LogP contribution in [0.15, 0.2) is 24.3 Å². The number of ether oxygens (including phenoxy) is 1. The minimum atomic E-state index is -0.951. The highest BCUT2D eigenvalue weighted by molar-refractivity contribution is 6.00. The number of hydroxylamine groups is 2. The lowest BCUT2D eigenvalue weighted by Gasteiger charge is -2.15. The number of hydrogen-bond donors (Lipinski definition) is 1. The molecule has 1 fully saturated rings. The molecule has 0 spiro atoms. The van der Waals surface area contributed by atoms with E-state index < -0.39 is 17.8 Å². The van der Waals surface area contributed by atoms with Crippen molar-refractivity contribution < 1.29 is 19.5 Å². The topological polar surface area (TPSA) is 66.8 Å². The summed E-state index contributed by atoms with van der Waals surface area (Å²) in [5.41, 5.74) is 1.95. The van der Waals surface area contributed by atoms with Crippen LogP contribution in [0.1, 0.15) is 24.0 Å². The molecule has 5 nitrogen and oxygen atoms in total. The Morgan fingerprint density at radius 1 is 1.42 bits per heavy atom. The predicted octanol–water partition coefficient (Wildman–Crippen LogP) is 1.49. The van der Waals surface area contributed by atoms with Crippen molar-refractivity contribution >= 4 is 11.9 Å². The van der Waals surface area contributed by atoms with Gasteiger partial charge in [0.05, 0.1) is 13.2 Å². The first-order valence-electron chi connectivity index (χ1n) is 6.28. The van der Waals surface area contributed by atoms with Gasteiger partial charge in [0.25, 0.3) is 5.91 Å². The minimum Gasteiger partial charge on any atom is -0.465 e. The third-order valence-corrected chi connectivity index (χ3v) is 3.34. The molecule has 1 saturated heterocycles. The normalized spacial score (nSPS) is 22.7. The van der Waals surface area contributed by atoms with E-state index in [0.717, 1.165) is 11.1 Å². The summed E-state index contributed by atoms with van der Waals surface area (Å²) in [7, 11) is 0. The van der Waals surface area contributed by atoms with E-state index in [4.69, 9.17) is 4.74 Å². The van der Waals surface area contributed by atoms with Gasteiger partial charge in [-0.3, -0.25) is 14.8 Å². The molecule has 0 saturated carbocycles. The molecule has 1 aliphatic heterocycles. The van der Waals surface area contributed by atoms with Crippen LogP contribution in [0.2, 0.25) is 0 Å². The number of rotatable bonds is 3. The molecule has 1 heterocycles. The van der Waals surface area contributed by atoms with Crippen LogP contribution in [0, 0.1) is 12.8 Å². The summed E-state index contributed by atoms with van der Waals surface area (Å²) < 4.78 is 4.92. The highest BCUT2D eigenvalue weighted by atomic mass is 16.5. The average molecular weight is 263 g/mol. The van der Waals surface area contributed by atoms with Crippen molar-refractivity contribution in [2.45, 2.75) is 19.8 Å². The molecule has 2 rings (SSSR count). The number of nitrogens with zero attached hydrogens (tertiary/aromatic N) is 1. The summed E-state index contributed by atoms with van der Waals surface area (Å²) in [6.07, 6.45) is 0. The van der Waals surface area contributed by atoms with Gasteiger partial charge in [-0.05, 0) is 19.4 Å². The predicted molar refractivity (Wildman–Crippen MR) is 67.5 cm³/mol. The molecule has 0 aliphatic carbocycles. The van der Waals surface area contributed by atoms with E-state index in [1.807, 2.05) is 31.2 Å². The van der Waals surface area contributed by atoms with Crippen LogP contribution in [0.3, 0.4) is 0 Å². The van der Waals surface area contributed by atoms with Gasteiger partial charge in [0.1, 0.15) is 5.92 Å². The molecule has 0 aromatic heterocycles. The Bertz CT molecular complexity index is 483. The summed E-state index contributed by atoms with van der Waals surface area (Å²) in [6.45, 7) is 3.99. The monoisotopic (exact) mass is 263 g/mol. The third kappa shape index (κ3) is 2.61. The molecular weight excluding hydrogens is 246 g/mol. The first-order valence-corrected chi connectivity index (χ1v) is 6.28. The van der Waals surface area contributed by atoms with Crippen LogP contribution < -0.4 is 0 Å². The van der Waals surface area contributed by atoms with Gasteiger partial charge in [0.2, 0.25) is 0 Å². The zero-order chi connectivity index (χ0) is 14.0. The van der Waals surface area contributed by atoms with Crippen LogP contribution in [-0.2, 0) is 14.3 Å². The van der Waals surface area contributed by atoms with Crippen molar-refractivity contribution in [3.05, 3.63) is 35.4 Å². The molecule has 19 heavy (non-hydrogen) atoms. The van der Waals surface area contributed by atoms with Gasteiger partial charge < -0.3 is 4.74 Å². The summed E-state index contributed by atoms with van der Waals surface area (Å²) in [5, 5.41) is 10.2. The lowest BCUT2D eigenvalue weighted by Crippen LogP contribution is -2.30. The summed E-state index contributed by atoms with van der Waals surface area (Å²) >= 11 is 0. The van der Waals surface area contributed by atoms with Gasteiger partial charge in [0, 0.05) is 5.92 Å². The minimum absolute atomic E-state index is 0.116. The molecule has 1 N–H and O–H groups in total. The lowest BCUT2D eigenvalue weighted by molar-refractivity contribution is -0.165. The highest BCUT2D eigenvalue weighted by Crippen LogP contribution is 2.33. The van der Waals surface area contributed by atoms with Crippen molar-refractivity contribution in [3.8, 4) is 0 Å². The van der Waals surface area contributed by atoms with Gasteiger partial charge in [-0.2, -0.15) is 0 Å². The van der Waals surface area contributed by atoms with E-state index in [9.17, 15) is 14.8 Å². The molecule has 0 bridgehead atoms. The number of aryl methyl sites for hydroxylation is 1. The maximum atomic E-state index is 11.9. The third-order valence-electron chi connectivity index (χ3n) is 3.34. The Hall–Kier alpha value is -1.88.